The average Bonchev–Trinajstić information content (AvgIpc) is 2.56. The van der Waals surface area contributed by atoms with Gasteiger partial charge in [0.05, 0.1) is 6.54 Å². The third kappa shape index (κ3) is 2.58. The van der Waals surface area contributed by atoms with Crippen LogP contribution < -0.4 is 0 Å². The van der Waals surface area contributed by atoms with Crippen LogP contribution in [0.5, 0.6) is 0 Å². The molecule has 0 saturated carbocycles. The third-order valence-corrected chi connectivity index (χ3v) is 3.69. The maximum absolute atomic E-state index is 11.7. The van der Waals surface area contributed by atoms with Gasteiger partial charge in [-0.3, -0.25) is 0 Å². The Kier molecular flexibility index (Phi) is 2.85. The predicted octanol–water partition coefficient (Wildman–Crippen LogP) is 2.26. The van der Waals surface area contributed by atoms with Crippen molar-refractivity contribution in [3.05, 3.63) is 0 Å². The van der Waals surface area contributed by atoms with E-state index in [1.54, 1.807) is 4.31 Å². The zero-order valence-electron chi connectivity index (χ0n) is 9.52. The molecule has 0 aromatic heterocycles. The number of amides is 1. The van der Waals surface area contributed by atoms with Gasteiger partial charge in [-0.2, -0.15) is 0 Å². The summed E-state index contributed by atoms with van der Waals surface area (Å²) in [4.78, 5) is 11.7. The molecule has 2 saturated heterocycles. The van der Waals surface area contributed by atoms with Crippen molar-refractivity contribution in [3.63, 3.8) is 0 Å². The van der Waals surface area contributed by atoms with E-state index in [-0.39, 0.29) is 6.09 Å². The second kappa shape index (κ2) is 3.87. The first-order valence-corrected chi connectivity index (χ1v) is 6.14. The fourth-order valence-electron chi connectivity index (χ4n) is 1.87. The Bertz CT molecular complexity index is 253. The van der Waals surface area contributed by atoms with Crippen LogP contribution >= 0.6 is 12.1 Å². The fourth-order valence-corrected chi connectivity index (χ4v) is 2.98. The number of nitrogens with zero attached hydrogens (tertiary/aromatic N) is 2. The van der Waals surface area contributed by atoms with Crippen molar-refractivity contribution in [2.75, 3.05) is 13.1 Å². The Labute approximate surface area is 95.2 Å². The van der Waals surface area contributed by atoms with E-state index < -0.39 is 5.60 Å². The molecule has 0 bridgehead atoms. The van der Waals surface area contributed by atoms with Crippen LogP contribution in [0.4, 0.5) is 4.79 Å². The summed E-state index contributed by atoms with van der Waals surface area (Å²) in [6.07, 6.45) is 2.24. The van der Waals surface area contributed by atoms with Gasteiger partial charge in [0.15, 0.2) is 0 Å². The van der Waals surface area contributed by atoms with E-state index in [0.29, 0.717) is 6.04 Å². The summed E-state index contributed by atoms with van der Waals surface area (Å²) < 4.78 is 9.34. The molecule has 2 fully saturated rings. The van der Waals surface area contributed by atoms with Crippen LogP contribution in [0.1, 0.15) is 33.6 Å². The van der Waals surface area contributed by atoms with Crippen molar-refractivity contribution in [3.8, 4) is 0 Å². The molecule has 0 aromatic rings. The molecule has 0 spiro atoms. The minimum atomic E-state index is -0.398. The van der Waals surface area contributed by atoms with Crippen molar-refractivity contribution in [1.82, 2.24) is 8.61 Å². The Morgan fingerprint density at radius 3 is 2.80 bits per heavy atom. The lowest BCUT2D eigenvalue weighted by Crippen LogP contribution is -2.32. The monoisotopic (exact) mass is 230 g/mol. The standard InChI is InChI=1S/C10H18N2O2S/c1-10(2,3)14-9(13)12-7-8-5-4-6-11(8)15-12/h8H,4-7H2,1-3H3. The maximum Gasteiger partial charge on any atom is 0.421 e. The minimum Gasteiger partial charge on any atom is -0.443 e. The summed E-state index contributed by atoms with van der Waals surface area (Å²) >= 11 is 1.52. The fraction of sp³-hybridized carbons (Fsp3) is 0.900. The highest BCUT2D eigenvalue weighted by atomic mass is 32.2. The molecule has 1 atom stereocenters. The quantitative estimate of drug-likeness (QED) is 0.598. The van der Waals surface area contributed by atoms with Gasteiger partial charge in [0.1, 0.15) is 5.60 Å². The summed E-state index contributed by atoms with van der Waals surface area (Å²) in [5.74, 6) is 0. The minimum absolute atomic E-state index is 0.207. The van der Waals surface area contributed by atoms with E-state index in [1.807, 2.05) is 20.8 Å². The second-order valence-electron chi connectivity index (χ2n) is 5.06. The Morgan fingerprint density at radius 1 is 1.47 bits per heavy atom. The lowest BCUT2D eigenvalue weighted by atomic mass is 10.2. The highest BCUT2D eigenvalue weighted by molar-refractivity contribution is 7.95. The van der Waals surface area contributed by atoms with Crippen molar-refractivity contribution in [2.24, 2.45) is 0 Å². The van der Waals surface area contributed by atoms with Crippen LogP contribution in [0.2, 0.25) is 0 Å². The van der Waals surface area contributed by atoms with Gasteiger partial charge in [-0.25, -0.2) is 13.4 Å². The lowest BCUT2D eigenvalue weighted by Gasteiger charge is -2.23. The van der Waals surface area contributed by atoms with Gasteiger partial charge in [0.25, 0.3) is 0 Å². The van der Waals surface area contributed by atoms with Crippen LogP contribution in [-0.2, 0) is 4.74 Å². The molecule has 2 rings (SSSR count). The van der Waals surface area contributed by atoms with E-state index in [1.165, 1.54) is 25.0 Å². The number of hydrogen-bond acceptors (Lipinski definition) is 4. The zero-order valence-corrected chi connectivity index (χ0v) is 10.3. The number of fused-ring (bicyclic) bond motifs is 1. The molecular formula is C10H18N2O2S. The van der Waals surface area contributed by atoms with Crippen LogP contribution in [0.15, 0.2) is 0 Å². The molecule has 1 amide bonds. The number of carbonyl (C=O) groups excluding carboxylic acids is 1. The molecule has 0 aliphatic carbocycles. The van der Waals surface area contributed by atoms with E-state index in [2.05, 4.69) is 4.31 Å². The van der Waals surface area contributed by atoms with Crippen molar-refractivity contribution < 1.29 is 9.53 Å². The molecule has 2 heterocycles. The van der Waals surface area contributed by atoms with Gasteiger partial charge < -0.3 is 4.74 Å². The SMILES string of the molecule is CC(C)(C)OC(=O)N1CC2CCCN2S1. The Morgan fingerprint density at radius 2 is 2.20 bits per heavy atom. The van der Waals surface area contributed by atoms with Crippen LogP contribution in [0, 0.1) is 0 Å². The van der Waals surface area contributed by atoms with Gasteiger partial charge in [-0.15, -0.1) is 0 Å². The molecule has 4 nitrogen and oxygen atoms in total. The molecule has 2 aliphatic rings. The van der Waals surface area contributed by atoms with Crippen molar-refractivity contribution in [1.29, 1.82) is 0 Å². The molecular weight excluding hydrogens is 212 g/mol. The smallest absolute Gasteiger partial charge is 0.421 e. The first kappa shape index (κ1) is 11.1. The van der Waals surface area contributed by atoms with Crippen LogP contribution in [0.25, 0.3) is 0 Å². The third-order valence-electron chi connectivity index (χ3n) is 2.50. The molecule has 5 heteroatoms. The van der Waals surface area contributed by atoms with E-state index in [9.17, 15) is 4.79 Å². The maximum atomic E-state index is 11.7. The number of rotatable bonds is 0. The second-order valence-corrected chi connectivity index (χ2v) is 6.13. The van der Waals surface area contributed by atoms with Crippen molar-refractivity contribution in [2.45, 2.75) is 45.3 Å². The van der Waals surface area contributed by atoms with Gasteiger partial charge in [0.2, 0.25) is 0 Å². The summed E-state index contributed by atoms with van der Waals surface area (Å²) in [5, 5.41) is 0. The van der Waals surface area contributed by atoms with Gasteiger partial charge in [-0.1, -0.05) is 0 Å². The van der Waals surface area contributed by atoms with Crippen molar-refractivity contribution >= 4 is 18.2 Å². The first-order valence-electron chi connectivity index (χ1n) is 5.41. The van der Waals surface area contributed by atoms with Crippen LogP contribution in [-0.4, -0.2) is 39.4 Å². The molecule has 0 radical (unpaired) electrons. The van der Waals surface area contributed by atoms with E-state index in [4.69, 9.17) is 4.74 Å². The normalized spacial score (nSPS) is 26.9. The van der Waals surface area contributed by atoms with Gasteiger partial charge in [-0.05, 0) is 33.6 Å². The van der Waals surface area contributed by atoms with E-state index >= 15 is 0 Å². The number of hydrogen-bond donors (Lipinski definition) is 0. The number of carbonyl (C=O) groups is 1. The first-order chi connectivity index (χ1) is 6.96. The van der Waals surface area contributed by atoms with Gasteiger partial charge >= 0.3 is 6.09 Å². The summed E-state index contributed by atoms with van der Waals surface area (Å²) in [5.41, 5.74) is -0.398. The van der Waals surface area contributed by atoms with Crippen LogP contribution in [0.3, 0.4) is 0 Å². The lowest BCUT2D eigenvalue weighted by molar-refractivity contribution is 0.0409. The molecule has 0 aromatic carbocycles. The molecule has 1 unspecified atom stereocenters. The molecule has 2 aliphatic heterocycles. The highest BCUT2D eigenvalue weighted by Crippen LogP contribution is 2.36. The number of ether oxygens (including phenoxy) is 1. The largest absolute Gasteiger partial charge is 0.443 e. The molecule has 0 N–H and O–H groups in total. The van der Waals surface area contributed by atoms with Gasteiger partial charge in [0, 0.05) is 24.7 Å². The highest BCUT2D eigenvalue weighted by Gasteiger charge is 2.39. The summed E-state index contributed by atoms with van der Waals surface area (Å²) in [7, 11) is 0. The Balaban J connectivity index is 1.88. The topological polar surface area (TPSA) is 32.8 Å². The molecule has 86 valence electrons. The summed E-state index contributed by atoms with van der Waals surface area (Å²) in [6.45, 7) is 7.58. The summed E-state index contributed by atoms with van der Waals surface area (Å²) in [6, 6.07) is 0.544. The molecule has 15 heavy (non-hydrogen) atoms. The predicted molar refractivity (Wildman–Crippen MR) is 60.3 cm³/mol. The zero-order chi connectivity index (χ0) is 11.1. The Hall–Kier alpha value is -0.420. The van der Waals surface area contributed by atoms with E-state index in [0.717, 1.165) is 13.1 Å². The average molecular weight is 230 g/mol.